The molecule has 2 N–H and O–H groups in total. The number of rotatable bonds is 4. The van der Waals surface area contributed by atoms with Crippen molar-refractivity contribution in [2.24, 2.45) is 0 Å². The van der Waals surface area contributed by atoms with Crippen molar-refractivity contribution in [3.8, 4) is 0 Å². The van der Waals surface area contributed by atoms with Gasteiger partial charge in [-0.05, 0) is 25.1 Å². The van der Waals surface area contributed by atoms with E-state index in [0.29, 0.717) is 6.54 Å². The Morgan fingerprint density at radius 3 is 2.79 bits per heavy atom. The van der Waals surface area contributed by atoms with Gasteiger partial charge in [-0.25, -0.2) is 13.1 Å². The Morgan fingerprint density at radius 2 is 2.11 bits per heavy atom. The molecule has 1 heterocycles. The van der Waals surface area contributed by atoms with Gasteiger partial charge in [0, 0.05) is 13.1 Å². The minimum atomic E-state index is -3.64. The van der Waals surface area contributed by atoms with Crippen LogP contribution in [0.5, 0.6) is 0 Å². The standard InChI is InChI=1S/C12H14Cl2N2O2S/c13-10-2-1-3-11(12(10)14)19(17,18)16-8-9-4-6-15-7-5-9/h1-4,15-16H,5-8H2. The molecule has 7 heteroatoms. The fourth-order valence-electron chi connectivity index (χ4n) is 1.79. The van der Waals surface area contributed by atoms with Crippen LogP contribution in [-0.2, 0) is 10.0 Å². The molecule has 0 spiro atoms. The van der Waals surface area contributed by atoms with Crippen LogP contribution in [0.3, 0.4) is 0 Å². The van der Waals surface area contributed by atoms with E-state index in [1.807, 2.05) is 6.08 Å². The van der Waals surface area contributed by atoms with Crippen LogP contribution in [0.2, 0.25) is 10.0 Å². The zero-order valence-corrected chi connectivity index (χ0v) is 12.4. The lowest BCUT2D eigenvalue weighted by molar-refractivity contribution is 0.582. The number of nitrogens with one attached hydrogen (secondary N) is 2. The summed E-state index contributed by atoms with van der Waals surface area (Å²) < 4.78 is 26.8. The van der Waals surface area contributed by atoms with Crippen LogP contribution < -0.4 is 10.0 Å². The minimum Gasteiger partial charge on any atom is -0.313 e. The highest BCUT2D eigenvalue weighted by Gasteiger charge is 2.19. The summed E-state index contributed by atoms with van der Waals surface area (Å²) in [6.07, 6.45) is 2.83. The molecule has 0 saturated carbocycles. The molecule has 0 unspecified atom stereocenters. The van der Waals surface area contributed by atoms with Gasteiger partial charge in [0.25, 0.3) is 0 Å². The highest BCUT2D eigenvalue weighted by Crippen LogP contribution is 2.28. The fraction of sp³-hybridized carbons (Fsp3) is 0.333. The van der Waals surface area contributed by atoms with E-state index < -0.39 is 10.0 Å². The van der Waals surface area contributed by atoms with Gasteiger partial charge in [0.15, 0.2) is 0 Å². The number of sulfonamides is 1. The van der Waals surface area contributed by atoms with Gasteiger partial charge in [-0.1, -0.05) is 40.9 Å². The molecule has 0 fully saturated rings. The lowest BCUT2D eigenvalue weighted by atomic mass is 10.1. The molecule has 0 radical (unpaired) electrons. The van der Waals surface area contributed by atoms with Gasteiger partial charge in [0.1, 0.15) is 4.90 Å². The maximum absolute atomic E-state index is 12.2. The second kappa shape index (κ2) is 6.24. The van der Waals surface area contributed by atoms with Gasteiger partial charge in [-0.2, -0.15) is 0 Å². The van der Waals surface area contributed by atoms with Gasteiger partial charge in [0.2, 0.25) is 10.0 Å². The summed E-state index contributed by atoms with van der Waals surface area (Å²) in [6, 6.07) is 4.55. The third-order valence-electron chi connectivity index (χ3n) is 2.85. The van der Waals surface area contributed by atoms with Crippen molar-refractivity contribution in [3.05, 3.63) is 39.9 Å². The first-order valence-corrected chi connectivity index (χ1v) is 8.07. The molecule has 1 aromatic carbocycles. The van der Waals surface area contributed by atoms with E-state index in [4.69, 9.17) is 23.2 Å². The average Bonchev–Trinajstić information content (AvgIpc) is 2.41. The van der Waals surface area contributed by atoms with Crippen molar-refractivity contribution in [3.63, 3.8) is 0 Å². The molecule has 104 valence electrons. The number of hydrogen-bond acceptors (Lipinski definition) is 3. The molecule has 0 aliphatic carbocycles. The predicted octanol–water partition coefficient (Wildman–Crippen LogP) is 2.19. The van der Waals surface area contributed by atoms with Crippen LogP contribution in [-0.4, -0.2) is 28.1 Å². The predicted molar refractivity (Wildman–Crippen MR) is 77.2 cm³/mol. The molecule has 1 aromatic rings. The molecule has 0 amide bonds. The van der Waals surface area contributed by atoms with E-state index in [1.54, 1.807) is 12.1 Å². The Hall–Kier alpha value is -0.590. The van der Waals surface area contributed by atoms with E-state index in [1.165, 1.54) is 6.07 Å². The van der Waals surface area contributed by atoms with Gasteiger partial charge < -0.3 is 5.32 Å². The quantitative estimate of drug-likeness (QED) is 0.836. The molecule has 4 nitrogen and oxygen atoms in total. The van der Waals surface area contributed by atoms with Crippen molar-refractivity contribution in [2.75, 3.05) is 19.6 Å². The van der Waals surface area contributed by atoms with E-state index in [0.717, 1.165) is 25.1 Å². The SMILES string of the molecule is O=S(=O)(NCC1=CCNCC1)c1cccc(Cl)c1Cl. The Bertz CT molecular complexity index is 600. The number of halogens is 2. The monoisotopic (exact) mass is 320 g/mol. The maximum atomic E-state index is 12.2. The van der Waals surface area contributed by atoms with Crippen molar-refractivity contribution in [1.29, 1.82) is 0 Å². The van der Waals surface area contributed by atoms with Crippen molar-refractivity contribution in [1.82, 2.24) is 10.0 Å². The van der Waals surface area contributed by atoms with Crippen LogP contribution in [0, 0.1) is 0 Å². The van der Waals surface area contributed by atoms with Crippen LogP contribution in [0.1, 0.15) is 6.42 Å². The Labute approximate surface area is 122 Å². The van der Waals surface area contributed by atoms with Crippen LogP contribution in [0.4, 0.5) is 0 Å². The average molecular weight is 321 g/mol. The van der Waals surface area contributed by atoms with Crippen molar-refractivity contribution >= 4 is 33.2 Å². The summed E-state index contributed by atoms with van der Waals surface area (Å²) in [5.41, 5.74) is 1.07. The molecule has 0 saturated heterocycles. The molecule has 1 aliphatic heterocycles. The largest absolute Gasteiger partial charge is 0.313 e. The minimum absolute atomic E-state index is 0.0104. The maximum Gasteiger partial charge on any atom is 0.242 e. The smallest absolute Gasteiger partial charge is 0.242 e. The number of benzene rings is 1. The first kappa shape index (κ1) is 14.8. The molecular formula is C12H14Cl2N2O2S. The van der Waals surface area contributed by atoms with E-state index in [2.05, 4.69) is 10.0 Å². The third-order valence-corrected chi connectivity index (χ3v) is 5.23. The van der Waals surface area contributed by atoms with E-state index in [9.17, 15) is 8.42 Å². The second-order valence-corrected chi connectivity index (χ2v) is 6.71. The highest BCUT2D eigenvalue weighted by atomic mass is 35.5. The summed E-state index contributed by atoms with van der Waals surface area (Å²) in [5, 5.41) is 3.45. The Balaban J connectivity index is 2.14. The van der Waals surface area contributed by atoms with E-state index in [-0.39, 0.29) is 14.9 Å². The van der Waals surface area contributed by atoms with Gasteiger partial charge in [0.05, 0.1) is 10.0 Å². The summed E-state index contributed by atoms with van der Waals surface area (Å²) in [6.45, 7) is 1.94. The lowest BCUT2D eigenvalue weighted by Gasteiger charge is -2.15. The highest BCUT2D eigenvalue weighted by molar-refractivity contribution is 7.89. The second-order valence-electron chi connectivity index (χ2n) is 4.19. The van der Waals surface area contributed by atoms with Crippen LogP contribution in [0.25, 0.3) is 0 Å². The fourth-order valence-corrected chi connectivity index (χ4v) is 3.58. The normalized spacial score (nSPS) is 16.2. The topological polar surface area (TPSA) is 58.2 Å². The molecule has 2 rings (SSSR count). The van der Waals surface area contributed by atoms with Gasteiger partial charge in [-0.15, -0.1) is 0 Å². The Kier molecular flexibility index (Phi) is 4.86. The third kappa shape index (κ3) is 3.70. The summed E-state index contributed by atoms with van der Waals surface area (Å²) in [4.78, 5) is 0.0104. The van der Waals surface area contributed by atoms with Crippen molar-refractivity contribution < 1.29 is 8.42 Å². The van der Waals surface area contributed by atoms with Gasteiger partial charge in [-0.3, -0.25) is 0 Å². The zero-order chi connectivity index (χ0) is 13.9. The number of hydrogen-bond donors (Lipinski definition) is 2. The zero-order valence-electron chi connectivity index (χ0n) is 10.1. The molecule has 1 aliphatic rings. The molecule has 0 aromatic heterocycles. The van der Waals surface area contributed by atoms with Crippen LogP contribution in [0.15, 0.2) is 34.7 Å². The molecule has 19 heavy (non-hydrogen) atoms. The lowest BCUT2D eigenvalue weighted by Crippen LogP contribution is -2.29. The summed E-state index contributed by atoms with van der Waals surface area (Å²) in [7, 11) is -3.64. The molecule has 0 bridgehead atoms. The summed E-state index contributed by atoms with van der Waals surface area (Å²) >= 11 is 11.7. The Morgan fingerprint density at radius 1 is 1.32 bits per heavy atom. The first-order chi connectivity index (χ1) is 9.00. The summed E-state index contributed by atoms with van der Waals surface area (Å²) in [5.74, 6) is 0. The van der Waals surface area contributed by atoms with Gasteiger partial charge >= 0.3 is 0 Å². The molecular weight excluding hydrogens is 307 g/mol. The van der Waals surface area contributed by atoms with Crippen LogP contribution >= 0.6 is 23.2 Å². The first-order valence-electron chi connectivity index (χ1n) is 5.83. The van der Waals surface area contributed by atoms with E-state index >= 15 is 0 Å². The molecule has 0 atom stereocenters. The van der Waals surface area contributed by atoms with Crippen molar-refractivity contribution in [2.45, 2.75) is 11.3 Å².